The van der Waals surface area contributed by atoms with Crippen LogP contribution in [-0.4, -0.2) is 30.7 Å². The molecule has 7 nitrogen and oxygen atoms in total. The van der Waals surface area contributed by atoms with Crippen molar-refractivity contribution in [1.29, 1.82) is 5.26 Å². The average Bonchev–Trinajstić information content (AvgIpc) is 2.70. The van der Waals surface area contributed by atoms with E-state index in [0.717, 1.165) is 0 Å². The standard InChI is InChI=1S/C21H19BrCl2N4O3/c1-12(2)19(27-20(29)15-5-4-14(23)10-17(15)24)21(30)28-26-11-13-3-6-18(16(22)9-13)31-8-7-25/h3-6,9-12,19H,8H2,1-2H3,(H,27,29)(H,28,30)/b26-11-. The number of ether oxygens (including phenoxy) is 1. The number of hydrogen-bond donors (Lipinski definition) is 2. The number of rotatable bonds is 8. The Balaban J connectivity index is 2.03. The van der Waals surface area contributed by atoms with Crippen LogP contribution in [-0.2, 0) is 4.79 Å². The van der Waals surface area contributed by atoms with Gasteiger partial charge in [0.05, 0.1) is 21.3 Å². The molecule has 162 valence electrons. The molecule has 0 bridgehead atoms. The van der Waals surface area contributed by atoms with Gasteiger partial charge in [0.2, 0.25) is 0 Å². The van der Waals surface area contributed by atoms with Gasteiger partial charge in [-0.15, -0.1) is 0 Å². The zero-order valence-electron chi connectivity index (χ0n) is 16.7. The van der Waals surface area contributed by atoms with Gasteiger partial charge in [0, 0.05) is 5.02 Å². The molecule has 0 aromatic heterocycles. The molecular formula is C21H19BrCl2N4O3. The Labute approximate surface area is 198 Å². The number of amides is 2. The highest BCUT2D eigenvalue weighted by molar-refractivity contribution is 9.10. The van der Waals surface area contributed by atoms with E-state index in [1.807, 2.05) is 6.07 Å². The number of halogens is 3. The van der Waals surface area contributed by atoms with E-state index in [4.69, 9.17) is 33.2 Å². The van der Waals surface area contributed by atoms with Crippen molar-refractivity contribution in [2.75, 3.05) is 6.61 Å². The van der Waals surface area contributed by atoms with Gasteiger partial charge in [-0.1, -0.05) is 37.0 Å². The molecule has 10 heteroatoms. The second kappa shape index (κ2) is 11.7. The highest BCUT2D eigenvalue weighted by atomic mass is 79.9. The van der Waals surface area contributed by atoms with Crippen LogP contribution in [0.4, 0.5) is 0 Å². The van der Waals surface area contributed by atoms with E-state index in [0.29, 0.717) is 20.8 Å². The minimum atomic E-state index is -0.829. The SMILES string of the molecule is CC(C)C(NC(=O)c1ccc(Cl)cc1Cl)C(=O)N/N=C\c1ccc(OCC#N)c(Br)c1. The number of hydrogen-bond acceptors (Lipinski definition) is 5. The van der Waals surface area contributed by atoms with Crippen LogP contribution < -0.4 is 15.5 Å². The maximum absolute atomic E-state index is 12.6. The molecule has 2 aromatic rings. The first-order valence-electron chi connectivity index (χ1n) is 9.11. The number of hydrazone groups is 1. The van der Waals surface area contributed by atoms with Crippen molar-refractivity contribution in [3.63, 3.8) is 0 Å². The summed E-state index contributed by atoms with van der Waals surface area (Å²) in [5.41, 5.74) is 3.34. The van der Waals surface area contributed by atoms with Crippen molar-refractivity contribution < 1.29 is 14.3 Å². The predicted molar refractivity (Wildman–Crippen MR) is 124 cm³/mol. The van der Waals surface area contributed by atoms with Gasteiger partial charge in [0.1, 0.15) is 17.9 Å². The van der Waals surface area contributed by atoms with Gasteiger partial charge in [-0.25, -0.2) is 5.43 Å². The molecule has 0 fully saturated rings. The van der Waals surface area contributed by atoms with Gasteiger partial charge in [0.25, 0.3) is 11.8 Å². The topological polar surface area (TPSA) is 104 Å². The molecule has 0 aliphatic carbocycles. The lowest BCUT2D eigenvalue weighted by atomic mass is 10.0. The fourth-order valence-corrected chi connectivity index (χ4v) is 3.50. The summed E-state index contributed by atoms with van der Waals surface area (Å²) >= 11 is 15.3. The molecule has 0 spiro atoms. The molecule has 0 radical (unpaired) electrons. The third-order valence-corrected chi connectivity index (χ3v) is 5.22. The van der Waals surface area contributed by atoms with Crippen molar-refractivity contribution >= 4 is 57.2 Å². The van der Waals surface area contributed by atoms with Crippen LogP contribution in [0.3, 0.4) is 0 Å². The Bertz CT molecular complexity index is 1040. The Hall–Kier alpha value is -2.60. The van der Waals surface area contributed by atoms with E-state index >= 15 is 0 Å². The van der Waals surface area contributed by atoms with Gasteiger partial charge in [-0.05, 0) is 63.8 Å². The Morgan fingerprint density at radius 2 is 2.00 bits per heavy atom. The van der Waals surface area contributed by atoms with Crippen LogP contribution in [0.25, 0.3) is 0 Å². The van der Waals surface area contributed by atoms with E-state index < -0.39 is 17.9 Å². The molecule has 0 aliphatic heterocycles. The Morgan fingerprint density at radius 1 is 1.26 bits per heavy atom. The number of benzene rings is 2. The van der Waals surface area contributed by atoms with Gasteiger partial charge in [-0.2, -0.15) is 10.4 Å². The van der Waals surface area contributed by atoms with Crippen LogP contribution >= 0.6 is 39.1 Å². The van der Waals surface area contributed by atoms with Crippen LogP contribution in [0.1, 0.15) is 29.8 Å². The molecule has 0 heterocycles. The molecule has 2 rings (SSSR count). The van der Waals surface area contributed by atoms with Crippen LogP contribution in [0.5, 0.6) is 5.75 Å². The summed E-state index contributed by atoms with van der Waals surface area (Å²) in [5, 5.41) is 15.8. The second-order valence-corrected chi connectivity index (χ2v) is 8.39. The summed E-state index contributed by atoms with van der Waals surface area (Å²) in [6.07, 6.45) is 1.45. The summed E-state index contributed by atoms with van der Waals surface area (Å²) < 4.78 is 5.89. The first-order valence-corrected chi connectivity index (χ1v) is 10.7. The normalized spacial score (nSPS) is 11.8. The summed E-state index contributed by atoms with van der Waals surface area (Å²) in [6, 6.07) is 10.7. The number of carbonyl (C=O) groups is 2. The first-order chi connectivity index (χ1) is 14.7. The Morgan fingerprint density at radius 3 is 2.61 bits per heavy atom. The molecule has 31 heavy (non-hydrogen) atoms. The third-order valence-electron chi connectivity index (χ3n) is 4.05. The zero-order chi connectivity index (χ0) is 23.0. The van der Waals surface area contributed by atoms with Crippen molar-refractivity contribution in [3.05, 3.63) is 62.0 Å². The number of carbonyl (C=O) groups excluding carboxylic acids is 2. The van der Waals surface area contributed by atoms with Crippen molar-refractivity contribution in [3.8, 4) is 11.8 Å². The van der Waals surface area contributed by atoms with Crippen LogP contribution in [0.2, 0.25) is 10.0 Å². The number of nitriles is 1. The van der Waals surface area contributed by atoms with Gasteiger partial charge >= 0.3 is 0 Å². The van der Waals surface area contributed by atoms with E-state index in [1.165, 1.54) is 18.3 Å². The zero-order valence-corrected chi connectivity index (χ0v) is 19.8. The fraction of sp³-hybridized carbons (Fsp3) is 0.238. The van der Waals surface area contributed by atoms with Crippen molar-refractivity contribution in [2.45, 2.75) is 19.9 Å². The van der Waals surface area contributed by atoms with Gasteiger partial charge in [-0.3, -0.25) is 9.59 Å². The average molecular weight is 526 g/mol. The van der Waals surface area contributed by atoms with E-state index in [-0.39, 0.29) is 23.1 Å². The smallest absolute Gasteiger partial charge is 0.262 e. The summed E-state index contributed by atoms with van der Waals surface area (Å²) in [6.45, 7) is 3.54. The lowest BCUT2D eigenvalue weighted by molar-refractivity contribution is -0.123. The summed E-state index contributed by atoms with van der Waals surface area (Å²) in [4.78, 5) is 25.1. The quantitative estimate of drug-likeness (QED) is 0.389. The molecular weight excluding hydrogens is 507 g/mol. The van der Waals surface area contributed by atoms with E-state index in [1.54, 1.807) is 38.1 Å². The molecule has 0 saturated carbocycles. The lowest BCUT2D eigenvalue weighted by Gasteiger charge is -2.20. The molecule has 2 amide bonds. The molecule has 1 unspecified atom stereocenters. The summed E-state index contributed by atoms with van der Waals surface area (Å²) in [7, 11) is 0. The fourth-order valence-electron chi connectivity index (χ4n) is 2.49. The Kier molecular flexibility index (Phi) is 9.31. The maximum Gasteiger partial charge on any atom is 0.262 e. The second-order valence-electron chi connectivity index (χ2n) is 6.69. The van der Waals surface area contributed by atoms with Gasteiger partial charge in [0.15, 0.2) is 6.61 Å². The van der Waals surface area contributed by atoms with Gasteiger partial charge < -0.3 is 10.1 Å². The molecule has 0 saturated heterocycles. The number of nitrogens with one attached hydrogen (secondary N) is 2. The molecule has 1 atom stereocenters. The lowest BCUT2D eigenvalue weighted by Crippen LogP contribution is -2.48. The van der Waals surface area contributed by atoms with Crippen LogP contribution in [0, 0.1) is 17.2 Å². The highest BCUT2D eigenvalue weighted by Gasteiger charge is 2.25. The summed E-state index contributed by atoms with van der Waals surface area (Å²) in [5.74, 6) is -0.642. The first kappa shape index (κ1) is 24.7. The van der Waals surface area contributed by atoms with E-state index in [9.17, 15) is 9.59 Å². The molecule has 2 aromatic carbocycles. The largest absolute Gasteiger partial charge is 0.478 e. The maximum atomic E-state index is 12.6. The van der Waals surface area contributed by atoms with Crippen molar-refractivity contribution in [2.24, 2.45) is 11.0 Å². The molecule has 0 aliphatic rings. The predicted octanol–water partition coefficient (Wildman–Crippen LogP) is 4.56. The van der Waals surface area contributed by atoms with Crippen molar-refractivity contribution in [1.82, 2.24) is 10.7 Å². The minimum Gasteiger partial charge on any atom is -0.478 e. The highest BCUT2D eigenvalue weighted by Crippen LogP contribution is 2.25. The number of nitrogens with zero attached hydrogens (tertiary/aromatic N) is 2. The van der Waals surface area contributed by atoms with E-state index in [2.05, 4.69) is 31.8 Å². The monoisotopic (exact) mass is 524 g/mol. The third kappa shape index (κ3) is 7.24. The minimum absolute atomic E-state index is 0.0639. The molecule has 2 N–H and O–H groups in total. The van der Waals surface area contributed by atoms with Crippen LogP contribution in [0.15, 0.2) is 46.0 Å².